The Morgan fingerprint density at radius 2 is 2.25 bits per heavy atom. The number of aromatic nitrogens is 3. The van der Waals surface area contributed by atoms with Crippen molar-refractivity contribution in [2.45, 2.75) is 56.8 Å². The van der Waals surface area contributed by atoms with Gasteiger partial charge in [0.05, 0.1) is 23.4 Å². The molecule has 1 atom stereocenters. The molecule has 2 aliphatic rings. The third kappa shape index (κ3) is 5.74. The van der Waals surface area contributed by atoms with Gasteiger partial charge in [0, 0.05) is 49.1 Å². The predicted octanol–water partition coefficient (Wildman–Crippen LogP) is 5.15. The van der Waals surface area contributed by atoms with Crippen molar-refractivity contribution in [2.75, 3.05) is 19.5 Å². The van der Waals surface area contributed by atoms with Crippen LogP contribution in [0.3, 0.4) is 0 Å². The maximum Gasteiger partial charge on any atom is 0.161 e. The average Bonchev–Trinajstić information content (AvgIpc) is 3.15. The summed E-state index contributed by atoms with van der Waals surface area (Å²) < 4.78 is 6.86. The van der Waals surface area contributed by atoms with Crippen LogP contribution in [0.2, 0.25) is 0 Å². The van der Waals surface area contributed by atoms with E-state index in [-0.39, 0.29) is 17.3 Å². The number of nitriles is 1. The van der Waals surface area contributed by atoms with E-state index in [1.54, 1.807) is 24.0 Å². The van der Waals surface area contributed by atoms with Gasteiger partial charge in [-0.05, 0) is 57.1 Å². The van der Waals surface area contributed by atoms with Crippen molar-refractivity contribution in [1.82, 2.24) is 20.0 Å². The summed E-state index contributed by atoms with van der Waals surface area (Å²) in [6.45, 7) is 4.70. The Bertz CT molecular complexity index is 1220. The highest BCUT2D eigenvalue weighted by Crippen LogP contribution is 2.45. The predicted molar refractivity (Wildman–Crippen MR) is 143 cm³/mol. The van der Waals surface area contributed by atoms with Gasteiger partial charge in [-0.3, -0.25) is 5.43 Å². The molecule has 36 heavy (non-hydrogen) atoms. The normalized spacial score (nSPS) is 22.8. The molecule has 0 bridgehead atoms. The first kappa shape index (κ1) is 25.4. The topological polar surface area (TPSA) is 114 Å². The lowest BCUT2D eigenvalue weighted by atomic mass is 9.68. The number of nitrogens with one attached hydrogen (secondary N) is 1. The Labute approximate surface area is 212 Å². The van der Waals surface area contributed by atoms with Gasteiger partial charge in [0.25, 0.3) is 0 Å². The van der Waals surface area contributed by atoms with E-state index in [1.165, 1.54) is 0 Å². The fourth-order valence-electron chi connectivity index (χ4n) is 5.02. The molecule has 0 radical (unpaired) electrons. The van der Waals surface area contributed by atoms with Gasteiger partial charge in [-0.25, -0.2) is 4.98 Å². The Morgan fingerprint density at radius 1 is 1.42 bits per heavy atom. The summed E-state index contributed by atoms with van der Waals surface area (Å²) >= 11 is 0. The lowest BCUT2D eigenvalue weighted by molar-refractivity contribution is 0.161. The molecule has 1 fully saturated rings. The molecule has 2 aromatic heterocycles. The molecule has 3 N–H and O–H groups in total. The van der Waals surface area contributed by atoms with Gasteiger partial charge in [0.1, 0.15) is 5.82 Å². The quantitative estimate of drug-likeness (QED) is 0.208. The number of methoxy groups -OCH3 is 1. The van der Waals surface area contributed by atoms with E-state index in [2.05, 4.69) is 40.4 Å². The van der Waals surface area contributed by atoms with Crippen LogP contribution in [0.5, 0.6) is 0 Å². The van der Waals surface area contributed by atoms with Crippen molar-refractivity contribution in [2.24, 2.45) is 10.5 Å². The lowest BCUT2D eigenvalue weighted by Gasteiger charge is -2.35. The Hall–Kier alpha value is -3.70. The summed E-state index contributed by atoms with van der Waals surface area (Å²) in [6.07, 6.45) is 21.8. The Balaban J connectivity index is 1.51. The van der Waals surface area contributed by atoms with Gasteiger partial charge in [0.2, 0.25) is 0 Å². The fourth-order valence-corrected chi connectivity index (χ4v) is 5.02. The second-order valence-electron chi connectivity index (χ2n) is 9.54. The number of hydrogen-bond donors (Lipinski definition) is 2. The summed E-state index contributed by atoms with van der Waals surface area (Å²) in [7, 11) is 1.70. The van der Waals surface area contributed by atoms with Crippen molar-refractivity contribution in [3.05, 3.63) is 72.3 Å². The molecule has 2 heterocycles. The summed E-state index contributed by atoms with van der Waals surface area (Å²) in [6, 6.07) is 4.53. The van der Waals surface area contributed by atoms with Crippen molar-refractivity contribution in [3.63, 3.8) is 0 Å². The molecule has 1 saturated carbocycles. The Morgan fingerprint density at radius 3 is 3.00 bits per heavy atom. The van der Waals surface area contributed by atoms with Gasteiger partial charge in [-0.15, -0.1) is 6.58 Å². The zero-order chi connectivity index (χ0) is 25.4. The van der Waals surface area contributed by atoms with Gasteiger partial charge in [0.15, 0.2) is 5.65 Å². The highest BCUT2D eigenvalue weighted by Gasteiger charge is 2.36. The fraction of sp³-hybridized carbons (Fsp3) is 0.429. The molecule has 0 spiro atoms. The number of ether oxygens (including phenoxy) is 1. The SMILES string of the molecule is C=CC(/C=N\NC1=CC=CCC=C1)c1cnn2c(N)cc(C3CCC(C#N)(CCCOC)CC3)nc12. The minimum Gasteiger partial charge on any atom is -0.385 e. The van der Waals surface area contributed by atoms with Gasteiger partial charge < -0.3 is 10.5 Å². The molecule has 8 heteroatoms. The van der Waals surface area contributed by atoms with Crippen LogP contribution in [0.4, 0.5) is 5.82 Å². The largest absolute Gasteiger partial charge is 0.385 e. The maximum absolute atomic E-state index is 9.87. The highest BCUT2D eigenvalue weighted by molar-refractivity contribution is 5.74. The number of allylic oxidation sites excluding steroid dienone is 6. The molecule has 8 nitrogen and oxygen atoms in total. The number of hydrogen-bond acceptors (Lipinski definition) is 7. The van der Waals surface area contributed by atoms with E-state index in [0.717, 1.165) is 67.5 Å². The van der Waals surface area contributed by atoms with Crippen LogP contribution < -0.4 is 11.2 Å². The number of nitrogens with zero attached hydrogens (tertiary/aromatic N) is 5. The monoisotopic (exact) mass is 485 g/mol. The molecule has 4 rings (SSSR count). The molecule has 0 saturated heterocycles. The third-order valence-electron chi connectivity index (χ3n) is 7.17. The van der Waals surface area contributed by atoms with Crippen molar-refractivity contribution < 1.29 is 4.74 Å². The van der Waals surface area contributed by atoms with Crippen LogP contribution >= 0.6 is 0 Å². The first-order valence-corrected chi connectivity index (χ1v) is 12.6. The zero-order valence-electron chi connectivity index (χ0n) is 20.9. The molecule has 2 aromatic rings. The number of nitrogen functional groups attached to an aromatic ring is 1. The summed E-state index contributed by atoms with van der Waals surface area (Å²) in [4.78, 5) is 5.00. The lowest BCUT2D eigenvalue weighted by Crippen LogP contribution is -2.26. The third-order valence-corrected chi connectivity index (χ3v) is 7.17. The van der Waals surface area contributed by atoms with E-state index in [4.69, 9.17) is 15.5 Å². The van der Waals surface area contributed by atoms with Crippen LogP contribution in [0.1, 0.15) is 68.0 Å². The second-order valence-corrected chi connectivity index (χ2v) is 9.54. The van der Waals surface area contributed by atoms with Crippen molar-refractivity contribution in [3.8, 4) is 6.07 Å². The summed E-state index contributed by atoms with van der Waals surface area (Å²) in [5.74, 6) is 0.641. The van der Waals surface area contributed by atoms with Crippen molar-refractivity contribution in [1.29, 1.82) is 5.26 Å². The first-order valence-electron chi connectivity index (χ1n) is 12.6. The van der Waals surface area contributed by atoms with E-state index in [9.17, 15) is 5.26 Å². The van der Waals surface area contributed by atoms with E-state index in [0.29, 0.717) is 12.4 Å². The minimum atomic E-state index is -0.262. The number of rotatable bonds is 10. The van der Waals surface area contributed by atoms with Crippen LogP contribution in [-0.2, 0) is 4.74 Å². The average molecular weight is 486 g/mol. The highest BCUT2D eigenvalue weighted by atomic mass is 16.5. The first-order chi connectivity index (χ1) is 17.6. The standard InChI is InChI=1S/C28H35N7O/c1-3-21(18-31-34-23-9-6-4-5-7-10-23)24-19-32-35-26(30)17-25(33-27(24)35)22-11-14-28(20-29,15-12-22)13-8-16-36-2/h3-4,6-7,9-10,17-19,21-22,34H,1,5,8,11-16,30H2,2H3/b31-18-. The zero-order valence-corrected chi connectivity index (χ0v) is 20.9. The minimum absolute atomic E-state index is 0.179. The molecular weight excluding hydrogens is 450 g/mol. The number of anilines is 1. The van der Waals surface area contributed by atoms with Crippen LogP contribution in [0.15, 0.2) is 66.1 Å². The molecule has 2 aliphatic carbocycles. The number of nitrogens with two attached hydrogens (primary N) is 1. The molecule has 0 aromatic carbocycles. The van der Waals surface area contributed by atoms with Crippen LogP contribution in [0.25, 0.3) is 5.65 Å². The molecule has 0 aliphatic heterocycles. The number of fused-ring (bicyclic) bond motifs is 1. The Kier molecular flexibility index (Phi) is 8.34. The van der Waals surface area contributed by atoms with Gasteiger partial charge in [-0.2, -0.15) is 20.0 Å². The summed E-state index contributed by atoms with van der Waals surface area (Å²) in [5, 5.41) is 18.8. The second kappa shape index (κ2) is 11.8. The van der Waals surface area contributed by atoms with Crippen LogP contribution in [0, 0.1) is 16.7 Å². The maximum atomic E-state index is 9.87. The molecule has 1 unspecified atom stereocenters. The van der Waals surface area contributed by atoms with Crippen molar-refractivity contribution >= 4 is 17.7 Å². The van der Waals surface area contributed by atoms with Crippen LogP contribution in [-0.4, -0.2) is 34.5 Å². The summed E-state index contributed by atoms with van der Waals surface area (Å²) in [5.41, 5.74) is 12.7. The molecule has 0 amide bonds. The molecular formula is C28H35N7O. The van der Waals surface area contributed by atoms with Gasteiger partial charge in [-0.1, -0.05) is 24.3 Å². The van der Waals surface area contributed by atoms with E-state index >= 15 is 0 Å². The number of hydrazone groups is 1. The van der Waals surface area contributed by atoms with E-state index in [1.807, 2.05) is 30.4 Å². The molecule has 188 valence electrons. The van der Waals surface area contributed by atoms with E-state index < -0.39 is 0 Å². The van der Waals surface area contributed by atoms with Gasteiger partial charge >= 0.3 is 0 Å². The smallest absolute Gasteiger partial charge is 0.161 e.